The number of anilines is 2. The third kappa shape index (κ3) is 5.38. The normalized spacial score (nSPS) is 16.6. The van der Waals surface area contributed by atoms with E-state index in [-0.39, 0.29) is 24.6 Å². The summed E-state index contributed by atoms with van der Waals surface area (Å²) in [6, 6.07) is 24.0. The van der Waals surface area contributed by atoms with Gasteiger partial charge in [-0.2, -0.15) is 0 Å². The number of hydrogen-bond acceptors (Lipinski definition) is 6. The molecule has 0 spiro atoms. The number of carbonyl (C=O) groups excluding carboxylic acids is 2. The van der Waals surface area contributed by atoms with Gasteiger partial charge in [-0.3, -0.25) is 9.78 Å². The third-order valence-electron chi connectivity index (χ3n) is 6.43. The number of amides is 1. The quantitative estimate of drug-likeness (QED) is 0.250. The van der Waals surface area contributed by atoms with Crippen LogP contribution < -0.4 is 15.5 Å². The first-order chi connectivity index (χ1) is 19.0. The zero-order valence-corrected chi connectivity index (χ0v) is 22.2. The molecule has 39 heavy (non-hydrogen) atoms. The summed E-state index contributed by atoms with van der Waals surface area (Å²) >= 11 is 5.85. The SMILES string of the molecule is COCC(=O)Nc1ccc(N2C(=S)N[C@H](c3ccccn3)[C@H]2c2cccn2-c2cccc(C(=O)OC)c2)cc1. The van der Waals surface area contributed by atoms with Crippen LogP contribution in [0.3, 0.4) is 0 Å². The molecule has 0 radical (unpaired) electrons. The van der Waals surface area contributed by atoms with Gasteiger partial charge in [-0.15, -0.1) is 0 Å². The molecule has 5 rings (SSSR count). The number of nitrogens with one attached hydrogen (secondary N) is 2. The average Bonchev–Trinajstić information content (AvgIpc) is 3.58. The summed E-state index contributed by atoms with van der Waals surface area (Å²) in [6.07, 6.45) is 3.71. The maximum atomic E-state index is 12.2. The van der Waals surface area contributed by atoms with Crippen LogP contribution in [0.5, 0.6) is 0 Å². The van der Waals surface area contributed by atoms with E-state index in [1.54, 1.807) is 18.3 Å². The Morgan fingerprint density at radius 3 is 2.54 bits per heavy atom. The second kappa shape index (κ2) is 11.5. The third-order valence-corrected chi connectivity index (χ3v) is 6.75. The largest absolute Gasteiger partial charge is 0.465 e. The van der Waals surface area contributed by atoms with Crippen molar-refractivity contribution >= 4 is 40.6 Å². The van der Waals surface area contributed by atoms with E-state index in [0.29, 0.717) is 16.4 Å². The summed E-state index contributed by atoms with van der Waals surface area (Å²) < 4.78 is 11.9. The summed E-state index contributed by atoms with van der Waals surface area (Å²) in [5.74, 6) is -0.636. The highest BCUT2D eigenvalue weighted by Gasteiger charge is 2.42. The molecule has 0 saturated carbocycles. The molecule has 10 heteroatoms. The van der Waals surface area contributed by atoms with Crippen molar-refractivity contribution in [2.45, 2.75) is 12.1 Å². The first-order valence-corrected chi connectivity index (χ1v) is 12.7. The van der Waals surface area contributed by atoms with E-state index in [9.17, 15) is 9.59 Å². The fraction of sp³-hybridized carbons (Fsp3) is 0.172. The molecule has 9 nitrogen and oxygen atoms in total. The van der Waals surface area contributed by atoms with E-state index in [2.05, 4.69) is 15.6 Å². The topological polar surface area (TPSA) is 97.7 Å². The first-order valence-electron chi connectivity index (χ1n) is 12.3. The van der Waals surface area contributed by atoms with E-state index in [4.69, 9.17) is 21.7 Å². The Morgan fingerprint density at radius 1 is 1.00 bits per heavy atom. The van der Waals surface area contributed by atoms with Gasteiger partial charge in [-0.25, -0.2) is 4.79 Å². The Labute approximate surface area is 231 Å². The molecule has 1 fully saturated rings. The predicted octanol–water partition coefficient (Wildman–Crippen LogP) is 4.42. The van der Waals surface area contributed by atoms with Crippen molar-refractivity contribution in [3.63, 3.8) is 0 Å². The number of thiocarbonyl (C=S) groups is 1. The van der Waals surface area contributed by atoms with Gasteiger partial charge in [0.2, 0.25) is 5.91 Å². The molecule has 2 aromatic carbocycles. The molecular formula is C29H27N5O4S. The molecule has 3 heterocycles. The van der Waals surface area contributed by atoms with Gasteiger partial charge in [-0.05, 0) is 78.9 Å². The summed E-state index contributed by atoms with van der Waals surface area (Å²) in [7, 11) is 2.84. The van der Waals surface area contributed by atoms with E-state index >= 15 is 0 Å². The molecule has 4 aromatic rings. The lowest BCUT2D eigenvalue weighted by molar-refractivity contribution is -0.119. The van der Waals surface area contributed by atoms with Gasteiger partial charge in [-0.1, -0.05) is 12.1 Å². The van der Waals surface area contributed by atoms with Crippen LogP contribution in [0.4, 0.5) is 11.4 Å². The van der Waals surface area contributed by atoms with Gasteiger partial charge in [0.1, 0.15) is 12.6 Å². The number of hydrogen-bond donors (Lipinski definition) is 2. The van der Waals surface area contributed by atoms with E-state index in [1.807, 2.05) is 82.4 Å². The highest BCUT2D eigenvalue weighted by atomic mass is 32.1. The minimum Gasteiger partial charge on any atom is -0.465 e. The smallest absolute Gasteiger partial charge is 0.337 e. The minimum atomic E-state index is -0.403. The van der Waals surface area contributed by atoms with E-state index < -0.39 is 5.97 Å². The zero-order valence-electron chi connectivity index (χ0n) is 21.4. The summed E-state index contributed by atoms with van der Waals surface area (Å²) in [5.41, 5.74) is 4.55. The van der Waals surface area contributed by atoms with Gasteiger partial charge >= 0.3 is 5.97 Å². The highest BCUT2D eigenvalue weighted by Crippen LogP contribution is 2.42. The zero-order chi connectivity index (χ0) is 27.4. The Morgan fingerprint density at radius 2 is 1.82 bits per heavy atom. The average molecular weight is 542 g/mol. The van der Waals surface area contributed by atoms with Crippen molar-refractivity contribution in [3.8, 4) is 5.69 Å². The van der Waals surface area contributed by atoms with Crippen LogP contribution in [-0.4, -0.2) is 47.4 Å². The van der Waals surface area contributed by atoms with Crippen LogP contribution in [0.2, 0.25) is 0 Å². The summed E-state index contributed by atoms with van der Waals surface area (Å²) in [5, 5.41) is 6.82. The Balaban J connectivity index is 1.56. The molecule has 198 valence electrons. The number of aromatic nitrogens is 2. The van der Waals surface area contributed by atoms with Gasteiger partial charge in [0.25, 0.3) is 0 Å². The summed E-state index contributed by atoms with van der Waals surface area (Å²) in [6.45, 7) is -0.0239. The molecule has 1 aliphatic rings. The van der Waals surface area contributed by atoms with Gasteiger partial charge in [0.15, 0.2) is 5.11 Å². The monoisotopic (exact) mass is 541 g/mol. The standard InChI is InChI=1S/C29H27N5O4S/c1-37-18-25(35)31-20-11-13-21(14-12-20)34-27(26(32-29(34)39)23-9-3-4-15-30-23)24-10-6-16-33(24)22-8-5-7-19(17-22)28(36)38-2/h3-17,26-27H,18H2,1-2H3,(H,31,35)(H,32,39)/t26-,27-/m1/s1. The molecular weight excluding hydrogens is 514 g/mol. The fourth-order valence-corrected chi connectivity index (χ4v) is 5.08. The van der Waals surface area contributed by atoms with Crippen LogP contribution >= 0.6 is 12.2 Å². The molecule has 2 aromatic heterocycles. The molecule has 0 aliphatic carbocycles. The molecule has 0 unspecified atom stereocenters. The maximum absolute atomic E-state index is 12.2. The van der Waals surface area contributed by atoms with Crippen molar-refractivity contribution in [2.24, 2.45) is 0 Å². The lowest BCUT2D eigenvalue weighted by atomic mass is 10.0. The predicted molar refractivity (Wildman–Crippen MR) is 152 cm³/mol. The Kier molecular flexibility index (Phi) is 7.67. The summed E-state index contributed by atoms with van der Waals surface area (Å²) in [4.78, 5) is 30.8. The van der Waals surface area contributed by atoms with Gasteiger partial charge < -0.3 is 29.6 Å². The molecule has 2 N–H and O–H groups in total. The number of rotatable bonds is 8. The second-order valence-corrected chi connectivity index (χ2v) is 9.26. The van der Waals surface area contributed by atoms with E-state index in [1.165, 1.54) is 14.2 Å². The van der Waals surface area contributed by atoms with Crippen molar-refractivity contribution in [3.05, 3.63) is 108 Å². The Hall–Kier alpha value is -4.54. The number of benzene rings is 2. The molecule has 1 aliphatic heterocycles. The lowest BCUT2D eigenvalue weighted by Gasteiger charge is -2.29. The molecule has 0 bridgehead atoms. The number of ether oxygens (including phenoxy) is 2. The van der Waals surface area contributed by atoms with Crippen LogP contribution in [-0.2, 0) is 14.3 Å². The van der Waals surface area contributed by atoms with Gasteiger partial charge in [0, 0.05) is 42.3 Å². The second-order valence-electron chi connectivity index (χ2n) is 8.87. The Bertz CT molecular complexity index is 1490. The lowest BCUT2D eigenvalue weighted by Crippen LogP contribution is -2.30. The molecule has 2 atom stereocenters. The van der Waals surface area contributed by atoms with Crippen molar-refractivity contribution in [1.29, 1.82) is 0 Å². The maximum Gasteiger partial charge on any atom is 0.337 e. The first kappa shape index (κ1) is 26.1. The van der Waals surface area contributed by atoms with Crippen LogP contribution in [0, 0.1) is 0 Å². The van der Waals surface area contributed by atoms with E-state index in [0.717, 1.165) is 22.8 Å². The number of nitrogens with zero attached hydrogens (tertiary/aromatic N) is 3. The molecule has 1 saturated heterocycles. The number of methoxy groups -OCH3 is 2. The van der Waals surface area contributed by atoms with Crippen LogP contribution in [0.1, 0.15) is 33.8 Å². The number of esters is 1. The number of carbonyl (C=O) groups is 2. The van der Waals surface area contributed by atoms with Crippen molar-refractivity contribution < 1.29 is 19.1 Å². The van der Waals surface area contributed by atoms with Crippen molar-refractivity contribution in [1.82, 2.24) is 14.9 Å². The van der Waals surface area contributed by atoms with Crippen LogP contribution in [0.15, 0.2) is 91.3 Å². The number of pyridine rings is 1. The van der Waals surface area contributed by atoms with Gasteiger partial charge in [0.05, 0.1) is 24.4 Å². The minimum absolute atomic E-state index is 0.0239. The van der Waals surface area contributed by atoms with Crippen molar-refractivity contribution in [2.75, 3.05) is 31.0 Å². The highest BCUT2D eigenvalue weighted by molar-refractivity contribution is 7.80. The van der Waals surface area contributed by atoms with Crippen LogP contribution in [0.25, 0.3) is 5.69 Å². The fourth-order valence-electron chi connectivity index (χ4n) is 4.74. The molecule has 1 amide bonds.